The van der Waals surface area contributed by atoms with Gasteiger partial charge in [-0.05, 0) is 92.2 Å². The maximum atomic E-state index is 13.5. The van der Waals surface area contributed by atoms with E-state index in [-0.39, 0.29) is 11.6 Å². The summed E-state index contributed by atoms with van der Waals surface area (Å²) in [6, 6.07) is 40.3. The summed E-state index contributed by atoms with van der Waals surface area (Å²) in [7, 11) is 0. The average molecular weight is 628 g/mol. The van der Waals surface area contributed by atoms with Gasteiger partial charge in [-0.15, -0.1) is 11.8 Å². The molecule has 0 aliphatic carbocycles. The van der Waals surface area contributed by atoms with Crippen LogP contribution in [0.15, 0.2) is 144 Å². The highest BCUT2D eigenvalue weighted by molar-refractivity contribution is 8.00. The van der Waals surface area contributed by atoms with Crippen LogP contribution < -0.4 is 20.7 Å². The molecule has 0 spiro atoms. The number of nitrogens with one attached hydrogen (secondary N) is 3. The highest BCUT2D eigenvalue weighted by Gasteiger charge is 2.17. The maximum absolute atomic E-state index is 13.5. The number of anilines is 2. The molecular formula is C38H33N3O4S. The number of amides is 3. The molecule has 0 aromatic heterocycles. The van der Waals surface area contributed by atoms with E-state index < -0.39 is 17.1 Å². The minimum atomic E-state index is -0.474. The van der Waals surface area contributed by atoms with Crippen LogP contribution in [0, 0.1) is 6.92 Å². The van der Waals surface area contributed by atoms with Crippen molar-refractivity contribution in [2.75, 3.05) is 10.6 Å². The van der Waals surface area contributed by atoms with E-state index in [1.807, 2.05) is 80.6 Å². The van der Waals surface area contributed by atoms with Crippen molar-refractivity contribution in [3.8, 4) is 11.5 Å². The van der Waals surface area contributed by atoms with Gasteiger partial charge in [0.25, 0.3) is 11.8 Å². The van der Waals surface area contributed by atoms with Crippen LogP contribution in [0.1, 0.15) is 28.4 Å². The third-order valence-electron chi connectivity index (χ3n) is 6.76. The number of benzene rings is 5. The maximum Gasteiger partial charge on any atom is 0.272 e. The Hall–Kier alpha value is -5.60. The van der Waals surface area contributed by atoms with E-state index in [4.69, 9.17) is 4.74 Å². The van der Waals surface area contributed by atoms with Crippen molar-refractivity contribution < 1.29 is 19.1 Å². The fraction of sp³-hybridized carbons (Fsp3) is 0.0789. The summed E-state index contributed by atoms with van der Waals surface area (Å²) in [5.74, 6) is 0.374. The molecule has 230 valence electrons. The third-order valence-corrected chi connectivity index (χ3v) is 7.85. The van der Waals surface area contributed by atoms with Crippen LogP contribution in [0.25, 0.3) is 6.08 Å². The molecule has 0 bridgehead atoms. The molecule has 5 aromatic rings. The van der Waals surface area contributed by atoms with Gasteiger partial charge in [0.1, 0.15) is 17.2 Å². The van der Waals surface area contributed by atoms with Gasteiger partial charge in [0, 0.05) is 21.8 Å². The Morgan fingerprint density at radius 2 is 1.37 bits per heavy atom. The molecule has 3 N–H and O–H groups in total. The van der Waals surface area contributed by atoms with Crippen molar-refractivity contribution >= 4 is 46.9 Å². The number of hydrogen-bond donors (Lipinski definition) is 3. The smallest absolute Gasteiger partial charge is 0.272 e. The normalized spacial score (nSPS) is 11.7. The molecule has 0 saturated carbocycles. The number of aryl methyl sites for hydroxylation is 1. The van der Waals surface area contributed by atoms with E-state index in [9.17, 15) is 14.4 Å². The summed E-state index contributed by atoms with van der Waals surface area (Å²) in [6.07, 6.45) is 1.65. The summed E-state index contributed by atoms with van der Waals surface area (Å²) in [5, 5.41) is 8.17. The summed E-state index contributed by atoms with van der Waals surface area (Å²) in [4.78, 5) is 40.2. The van der Waals surface area contributed by atoms with Crippen molar-refractivity contribution in [3.63, 3.8) is 0 Å². The van der Waals surface area contributed by atoms with Crippen molar-refractivity contribution in [1.82, 2.24) is 5.32 Å². The van der Waals surface area contributed by atoms with Crippen LogP contribution in [0.5, 0.6) is 11.5 Å². The molecule has 7 nitrogen and oxygen atoms in total. The molecule has 5 rings (SSSR count). The van der Waals surface area contributed by atoms with Gasteiger partial charge in [0.2, 0.25) is 5.91 Å². The summed E-state index contributed by atoms with van der Waals surface area (Å²) in [6.45, 7) is 3.78. The van der Waals surface area contributed by atoms with E-state index in [1.54, 1.807) is 72.8 Å². The van der Waals surface area contributed by atoms with E-state index in [1.165, 1.54) is 11.8 Å². The highest BCUT2D eigenvalue weighted by atomic mass is 32.2. The number of rotatable bonds is 11. The van der Waals surface area contributed by atoms with E-state index in [0.717, 1.165) is 21.8 Å². The van der Waals surface area contributed by atoms with Crippen molar-refractivity contribution in [2.24, 2.45) is 0 Å². The number of para-hydroxylation sites is 1. The minimum Gasteiger partial charge on any atom is -0.457 e. The van der Waals surface area contributed by atoms with Crippen molar-refractivity contribution in [1.29, 1.82) is 0 Å². The van der Waals surface area contributed by atoms with Crippen LogP contribution in [0.4, 0.5) is 11.4 Å². The first kappa shape index (κ1) is 31.8. The summed E-state index contributed by atoms with van der Waals surface area (Å²) >= 11 is 1.37. The number of thioether (sulfide) groups is 1. The van der Waals surface area contributed by atoms with Gasteiger partial charge in [-0.1, -0.05) is 72.3 Å². The molecule has 46 heavy (non-hydrogen) atoms. The Labute approximate surface area is 272 Å². The van der Waals surface area contributed by atoms with Crippen LogP contribution in [0.3, 0.4) is 0 Å². The van der Waals surface area contributed by atoms with E-state index in [2.05, 4.69) is 16.0 Å². The zero-order chi connectivity index (χ0) is 32.3. The molecule has 0 aliphatic heterocycles. The van der Waals surface area contributed by atoms with Gasteiger partial charge in [-0.2, -0.15) is 0 Å². The zero-order valence-corrected chi connectivity index (χ0v) is 26.2. The van der Waals surface area contributed by atoms with Gasteiger partial charge < -0.3 is 20.7 Å². The van der Waals surface area contributed by atoms with Gasteiger partial charge in [-0.3, -0.25) is 14.4 Å². The molecule has 0 aliphatic rings. The molecule has 0 radical (unpaired) electrons. The molecule has 3 amide bonds. The topological polar surface area (TPSA) is 96.5 Å². The molecular weight excluding hydrogens is 595 g/mol. The van der Waals surface area contributed by atoms with Gasteiger partial charge in [0.05, 0.1) is 5.25 Å². The first-order valence-electron chi connectivity index (χ1n) is 14.7. The first-order chi connectivity index (χ1) is 22.3. The van der Waals surface area contributed by atoms with Gasteiger partial charge in [0.15, 0.2) is 0 Å². The van der Waals surface area contributed by atoms with Crippen molar-refractivity contribution in [3.05, 3.63) is 156 Å². The molecule has 5 aromatic carbocycles. The average Bonchev–Trinajstić information content (AvgIpc) is 3.06. The SMILES string of the molecule is Cc1cccc(/C=C(/NC(=O)c2ccccc2)C(=O)Nc2cccc(SC(C)C(=O)Nc3ccc(Oc4ccccc4)cc3)c2)c1. The standard InChI is InChI=1S/C38H33N3O4S/c1-26-11-9-12-28(23-26)24-35(41-37(43)29-13-5-3-6-14-29)38(44)40-31-15-10-18-34(25-31)46-27(2)36(42)39-30-19-21-33(22-20-30)45-32-16-7-4-8-17-32/h3-25,27H,1-2H3,(H,39,42)(H,40,44)(H,41,43)/b35-24+. The second-order valence-corrected chi connectivity index (χ2v) is 11.9. The Bertz CT molecular complexity index is 1840. The van der Waals surface area contributed by atoms with Gasteiger partial charge in [-0.25, -0.2) is 0 Å². The summed E-state index contributed by atoms with van der Waals surface area (Å²) < 4.78 is 5.82. The predicted molar refractivity (Wildman–Crippen MR) is 185 cm³/mol. The molecule has 1 unspecified atom stereocenters. The number of carbonyl (C=O) groups is 3. The fourth-order valence-corrected chi connectivity index (χ4v) is 5.37. The molecule has 1 atom stereocenters. The summed E-state index contributed by atoms with van der Waals surface area (Å²) in [5.41, 5.74) is 3.53. The lowest BCUT2D eigenvalue weighted by Crippen LogP contribution is -2.30. The lowest BCUT2D eigenvalue weighted by molar-refractivity contribution is -0.115. The van der Waals surface area contributed by atoms with E-state index >= 15 is 0 Å². The third kappa shape index (κ3) is 9.20. The number of carbonyl (C=O) groups excluding carboxylic acids is 3. The molecule has 0 heterocycles. The van der Waals surface area contributed by atoms with Crippen LogP contribution in [0.2, 0.25) is 0 Å². The minimum absolute atomic E-state index is 0.102. The quantitative estimate of drug-likeness (QED) is 0.101. The molecule has 0 saturated heterocycles. The van der Waals surface area contributed by atoms with Crippen LogP contribution in [-0.4, -0.2) is 23.0 Å². The fourth-order valence-electron chi connectivity index (χ4n) is 4.45. The predicted octanol–water partition coefficient (Wildman–Crippen LogP) is 8.32. The molecule has 0 fully saturated rings. The largest absolute Gasteiger partial charge is 0.457 e. The van der Waals surface area contributed by atoms with Crippen LogP contribution in [-0.2, 0) is 9.59 Å². The molecule has 8 heteroatoms. The second-order valence-electron chi connectivity index (χ2n) is 10.5. The van der Waals surface area contributed by atoms with Gasteiger partial charge >= 0.3 is 0 Å². The number of hydrogen-bond acceptors (Lipinski definition) is 5. The Kier molecular flexibility index (Phi) is 10.7. The number of ether oxygens (including phenoxy) is 1. The van der Waals surface area contributed by atoms with E-state index in [0.29, 0.717) is 22.7 Å². The van der Waals surface area contributed by atoms with Crippen molar-refractivity contribution in [2.45, 2.75) is 24.0 Å². The van der Waals surface area contributed by atoms with Crippen LogP contribution >= 0.6 is 11.8 Å². The Balaban J connectivity index is 1.22. The Morgan fingerprint density at radius 1 is 0.696 bits per heavy atom. The zero-order valence-electron chi connectivity index (χ0n) is 25.4. The monoisotopic (exact) mass is 627 g/mol. The highest BCUT2D eigenvalue weighted by Crippen LogP contribution is 2.28. The first-order valence-corrected chi connectivity index (χ1v) is 15.6. The lowest BCUT2D eigenvalue weighted by Gasteiger charge is -2.14. The Morgan fingerprint density at radius 3 is 2.09 bits per heavy atom. The second kappa shape index (κ2) is 15.4. The lowest BCUT2D eigenvalue weighted by atomic mass is 10.1.